The van der Waals surface area contributed by atoms with Crippen LogP contribution in [-0.2, 0) is 33.6 Å². The number of aromatic nitrogens is 1. The maximum absolute atomic E-state index is 14.6. The maximum Gasteiger partial charge on any atom is 0.415 e. The highest BCUT2D eigenvalue weighted by molar-refractivity contribution is 6.02. The van der Waals surface area contributed by atoms with E-state index in [2.05, 4.69) is 4.98 Å². The van der Waals surface area contributed by atoms with Gasteiger partial charge in [0.15, 0.2) is 5.78 Å². The van der Waals surface area contributed by atoms with E-state index >= 15 is 0 Å². The van der Waals surface area contributed by atoms with Crippen molar-refractivity contribution in [2.75, 3.05) is 29.5 Å². The van der Waals surface area contributed by atoms with Gasteiger partial charge in [0.2, 0.25) is 5.91 Å². The number of amides is 2. The zero-order valence-corrected chi connectivity index (χ0v) is 19.7. The summed E-state index contributed by atoms with van der Waals surface area (Å²) in [7, 11) is 0. The number of carbonyl (C=O) groups excluding carboxylic acids is 3. The molecule has 1 atom stereocenters. The van der Waals surface area contributed by atoms with Crippen molar-refractivity contribution in [3.63, 3.8) is 0 Å². The Morgan fingerprint density at radius 2 is 1.94 bits per heavy atom. The van der Waals surface area contributed by atoms with Gasteiger partial charge in [-0.05, 0) is 56.4 Å². The molecular weight excluding hydrogens is 453 g/mol. The summed E-state index contributed by atoms with van der Waals surface area (Å²) in [6.45, 7) is 2.89. The summed E-state index contributed by atoms with van der Waals surface area (Å²) >= 11 is 0. The molecule has 4 heterocycles. The fourth-order valence-electron chi connectivity index (χ4n) is 5.09. The van der Waals surface area contributed by atoms with Gasteiger partial charge in [0.05, 0.1) is 30.8 Å². The lowest BCUT2D eigenvalue weighted by atomic mass is 10.00. The van der Waals surface area contributed by atoms with Gasteiger partial charge < -0.3 is 14.4 Å². The predicted octanol–water partition coefficient (Wildman–Crippen LogP) is 3.76. The third-order valence-corrected chi connectivity index (χ3v) is 6.81. The quantitative estimate of drug-likeness (QED) is 0.534. The third-order valence-electron chi connectivity index (χ3n) is 6.81. The van der Waals surface area contributed by atoms with Crippen molar-refractivity contribution in [2.24, 2.45) is 0 Å². The van der Waals surface area contributed by atoms with E-state index in [1.165, 1.54) is 11.0 Å². The summed E-state index contributed by atoms with van der Waals surface area (Å²) in [5.41, 5.74) is 2.81. The molecule has 8 nitrogen and oxygen atoms in total. The van der Waals surface area contributed by atoms with Gasteiger partial charge in [0.1, 0.15) is 30.1 Å². The summed E-state index contributed by atoms with van der Waals surface area (Å²) in [5.74, 6) is 0.747. The second kappa shape index (κ2) is 9.64. The molecule has 5 rings (SSSR count). The largest absolute Gasteiger partial charge is 0.484 e. The Morgan fingerprint density at radius 3 is 2.77 bits per heavy atom. The lowest BCUT2D eigenvalue weighted by Gasteiger charge is -2.19. The second-order valence-electron chi connectivity index (χ2n) is 9.18. The van der Waals surface area contributed by atoms with Crippen LogP contribution in [-0.4, -0.2) is 48.6 Å². The van der Waals surface area contributed by atoms with Crippen molar-refractivity contribution in [3.8, 4) is 5.75 Å². The van der Waals surface area contributed by atoms with Crippen LogP contribution in [0.4, 0.5) is 20.7 Å². The molecule has 1 aromatic carbocycles. The molecule has 0 bridgehead atoms. The Hall–Kier alpha value is -3.49. The minimum Gasteiger partial charge on any atom is -0.484 e. The molecule has 9 heteroatoms. The molecule has 0 N–H and O–H groups in total. The molecule has 35 heavy (non-hydrogen) atoms. The highest BCUT2D eigenvalue weighted by Gasteiger charge is 2.34. The van der Waals surface area contributed by atoms with E-state index in [0.29, 0.717) is 55.2 Å². The van der Waals surface area contributed by atoms with Crippen LogP contribution < -0.4 is 14.5 Å². The molecule has 1 unspecified atom stereocenters. The maximum atomic E-state index is 14.6. The molecule has 2 amide bonds. The normalized spacial score (nSPS) is 19.0. The number of benzene rings is 1. The Kier molecular flexibility index (Phi) is 6.40. The number of pyridine rings is 1. The van der Waals surface area contributed by atoms with E-state index in [-0.39, 0.29) is 36.6 Å². The van der Waals surface area contributed by atoms with Gasteiger partial charge >= 0.3 is 6.09 Å². The summed E-state index contributed by atoms with van der Waals surface area (Å²) in [5, 5.41) is 0. The number of hydrogen-bond donors (Lipinski definition) is 0. The van der Waals surface area contributed by atoms with Gasteiger partial charge in [-0.25, -0.2) is 14.2 Å². The van der Waals surface area contributed by atoms with Gasteiger partial charge in [0.25, 0.3) is 0 Å². The van der Waals surface area contributed by atoms with Crippen molar-refractivity contribution in [1.82, 2.24) is 4.98 Å². The number of halogens is 1. The minimum absolute atomic E-state index is 0.0227. The molecule has 1 fully saturated rings. The molecule has 0 saturated carbocycles. The van der Waals surface area contributed by atoms with Crippen LogP contribution in [0.2, 0.25) is 0 Å². The summed E-state index contributed by atoms with van der Waals surface area (Å²) in [4.78, 5) is 43.9. The monoisotopic (exact) mass is 481 g/mol. The summed E-state index contributed by atoms with van der Waals surface area (Å²) in [6.07, 6.45) is 3.57. The van der Waals surface area contributed by atoms with Crippen LogP contribution in [0.15, 0.2) is 24.3 Å². The van der Waals surface area contributed by atoms with Crippen molar-refractivity contribution in [1.29, 1.82) is 0 Å². The molecule has 3 aliphatic heterocycles. The molecule has 3 aliphatic rings. The number of unbranched alkanes of at least 4 members (excludes halogenated alkanes) is 2. The van der Waals surface area contributed by atoms with Crippen molar-refractivity contribution < 1.29 is 28.2 Å². The average Bonchev–Trinajstić information content (AvgIpc) is 3.37. The molecule has 184 valence electrons. The van der Waals surface area contributed by atoms with Crippen LogP contribution >= 0.6 is 0 Å². The Balaban J connectivity index is 1.13. The van der Waals surface area contributed by atoms with E-state index < -0.39 is 6.09 Å². The number of ether oxygens (including phenoxy) is 2. The van der Waals surface area contributed by atoms with Crippen molar-refractivity contribution in [2.45, 2.75) is 58.0 Å². The van der Waals surface area contributed by atoms with Gasteiger partial charge in [-0.1, -0.05) is 12.5 Å². The third kappa shape index (κ3) is 4.59. The lowest BCUT2D eigenvalue weighted by Crippen LogP contribution is -2.27. The first-order chi connectivity index (χ1) is 16.9. The molecular formula is C26H28FN3O5. The molecule has 0 aliphatic carbocycles. The summed E-state index contributed by atoms with van der Waals surface area (Å²) in [6, 6.07) is 6.61. The molecule has 0 radical (unpaired) electrons. The van der Waals surface area contributed by atoms with E-state index in [1.807, 2.05) is 6.92 Å². The average molecular weight is 482 g/mol. The predicted molar refractivity (Wildman–Crippen MR) is 126 cm³/mol. The highest BCUT2D eigenvalue weighted by Crippen LogP contribution is 2.35. The first-order valence-electron chi connectivity index (χ1n) is 12.2. The van der Waals surface area contributed by atoms with Crippen LogP contribution in [0, 0.1) is 5.82 Å². The second-order valence-corrected chi connectivity index (χ2v) is 9.18. The van der Waals surface area contributed by atoms with Gasteiger partial charge in [0, 0.05) is 12.1 Å². The number of ketones is 1. The fraction of sp³-hybridized carbons (Fsp3) is 0.462. The van der Waals surface area contributed by atoms with Crippen LogP contribution in [0.3, 0.4) is 0 Å². The van der Waals surface area contributed by atoms with Crippen molar-refractivity contribution >= 4 is 29.3 Å². The molecule has 0 spiro atoms. The Labute approximate surface area is 203 Å². The van der Waals surface area contributed by atoms with E-state index in [4.69, 9.17) is 9.47 Å². The first kappa shape index (κ1) is 23.3. The van der Waals surface area contributed by atoms with E-state index in [9.17, 15) is 18.8 Å². The molecule has 2 aromatic rings. The standard InChI is InChI=1S/C26H28FN3O5/c1-2-29-24(32)12-16-8-9-20(27)19(25(16)29)7-5-3-4-6-18-14-30(26(33)35-18)23-11-10-22-21(28-23)13-17(31)15-34-22/h8-11,18H,2-7,12-15H2,1H3. The number of carbonyl (C=O) groups is 3. The first-order valence-corrected chi connectivity index (χ1v) is 12.2. The fourth-order valence-corrected chi connectivity index (χ4v) is 5.09. The Morgan fingerprint density at radius 1 is 1.09 bits per heavy atom. The minimum atomic E-state index is -0.447. The van der Waals surface area contributed by atoms with Crippen molar-refractivity contribution in [3.05, 3.63) is 46.9 Å². The van der Waals surface area contributed by atoms with Gasteiger partial charge in [-0.2, -0.15) is 0 Å². The summed E-state index contributed by atoms with van der Waals surface area (Å²) < 4.78 is 25.5. The number of likely N-dealkylation sites (N-methyl/N-ethyl adjacent to an activating group) is 1. The number of anilines is 2. The number of nitrogens with zero attached hydrogens (tertiary/aromatic N) is 3. The molecule has 1 saturated heterocycles. The SMILES string of the molecule is CCN1C(=O)Cc2ccc(F)c(CCCCCC3CN(c4ccc5c(n4)CC(=O)CO5)C(=O)O3)c21. The van der Waals surface area contributed by atoms with Gasteiger partial charge in [-0.3, -0.25) is 14.5 Å². The zero-order chi connectivity index (χ0) is 24.5. The van der Waals surface area contributed by atoms with Crippen LogP contribution in [0.1, 0.15) is 49.4 Å². The number of cyclic esters (lactones) is 1. The van der Waals surface area contributed by atoms with E-state index in [1.54, 1.807) is 23.1 Å². The topological polar surface area (TPSA) is 89.0 Å². The number of Topliss-reactive ketones (excluding diaryl/α,β-unsaturated/α-hetero) is 1. The number of hydrogen-bond acceptors (Lipinski definition) is 6. The highest BCUT2D eigenvalue weighted by atomic mass is 19.1. The zero-order valence-electron chi connectivity index (χ0n) is 19.7. The lowest BCUT2D eigenvalue weighted by molar-refractivity contribution is -0.121. The Bertz CT molecular complexity index is 1180. The van der Waals surface area contributed by atoms with Gasteiger partial charge in [-0.15, -0.1) is 0 Å². The van der Waals surface area contributed by atoms with Crippen LogP contribution in [0.5, 0.6) is 5.75 Å². The van der Waals surface area contributed by atoms with Crippen LogP contribution in [0.25, 0.3) is 0 Å². The number of rotatable bonds is 8. The van der Waals surface area contributed by atoms with E-state index in [0.717, 1.165) is 30.5 Å². The smallest absolute Gasteiger partial charge is 0.415 e. The number of fused-ring (bicyclic) bond motifs is 2. The molecule has 1 aromatic heterocycles.